The predicted octanol–water partition coefficient (Wildman–Crippen LogP) is 3.21. The molecule has 0 radical (unpaired) electrons. The first kappa shape index (κ1) is 28.0. The van der Waals surface area contributed by atoms with Gasteiger partial charge in [0.05, 0.1) is 0 Å². The fraction of sp³-hybridized carbons (Fsp3) is 0.300. The zero-order valence-corrected chi connectivity index (χ0v) is 22.4. The summed E-state index contributed by atoms with van der Waals surface area (Å²) in [5.41, 5.74) is 24.2. The minimum absolute atomic E-state index is 0.494. The summed E-state index contributed by atoms with van der Waals surface area (Å²) in [6.45, 7) is 3.63. The van der Waals surface area contributed by atoms with Gasteiger partial charge in [0.2, 0.25) is 17.8 Å². The second kappa shape index (κ2) is 14.8. The summed E-state index contributed by atoms with van der Waals surface area (Å²) in [5, 5.41) is 10.1. The Morgan fingerprint density at radius 1 is 0.436 bits per heavy atom. The molecule has 0 fully saturated rings. The van der Waals surface area contributed by atoms with Crippen molar-refractivity contribution < 1.29 is 0 Å². The lowest BCUT2D eigenvalue weighted by Gasteiger charge is -2.13. The molecule has 3 aromatic carbocycles. The van der Waals surface area contributed by atoms with Gasteiger partial charge in [0.25, 0.3) is 0 Å². The molecule has 0 spiro atoms. The highest BCUT2D eigenvalue weighted by Crippen LogP contribution is 2.15. The summed E-state index contributed by atoms with van der Waals surface area (Å²) in [7, 11) is 0. The quantitative estimate of drug-likeness (QED) is 0.137. The maximum Gasteiger partial charge on any atom is 0.229 e. The zero-order valence-electron chi connectivity index (χ0n) is 22.4. The third kappa shape index (κ3) is 9.03. The van der Waals surface area contributed by atoms with Gasteiger partial charge in [-0.15, -0.1) is 0 Å². The van der Waals surface area contributed by atoms with Crippen molar-refractivity contribution in [2.45, 2.75) is 38.9 Å². The highest BCUT2D eigenvalue weighted by Gasteiger charge is 2.08. The van der Waals surface area contributed by atoms with E-state index in [-0.39, 0.29) is 0 Å². The predicted molar refractivity (Wildman–Crippen MR) is 159 cm³/mol. The van der Waals surface area contributed by atoms with Crippen molar-refractivity contribution in [2.75, 3.05) is 35.6 Å². The van der Waals surface area contributed by atoms with E-state index in [1.54, 1.807) is 0 Å². The van der Waals surface area contributed by atoms with Gasteiger partial charge in [-0.1, -0.05) is 72.8 Å². The van der Waals surface area contributed by atoms with Gasteiger partial charge in [0.1, 0.15) is 0 Å². The topological polar surface area (TPSA) is 153 Å². The van der Waals surface area contributed by atoms with Gasteiger partial charge in [-0.2, -0.15) is 15.0 Å². The summed E-state index contributed by atoms with van der Waals surface area (Å²) in [4.78, 5) is 13.9. The largest absolute Gasteiger partial charge is 0.350 e. The molecule has 9 heteroatoms. The summed E-state index contributed by atoms with van der Waals surface area (Å²) < 4.78 is 0. The van der Waals surface area contributed by atoms with Crippen LogP contribution in [0.2, 0.25) is 0 Å². The second-order valence-electron chi connectivity index (χ2n) is 9.44. The summed E-state index contributed by atoms with van der Waals surface area (Å²) in [5.74, 6) is 1.48. The Kier molecular flexibility index (Phi) is 10.6. The molecule has 9 nitrogen and oxygen atoms in total. The highest BCUT2D eigenvalue weighted by atomic mass is 15.3. The molecule has 4 rings (SSSR count). The van der Waals surface area contributed by atoms with E-state index in [1.165, 1.54) is 16.7 Å². The molecule has 4 aromatic rings. The molecule has 204 valence electrons. The average Bonchev–Trinajstić information content (AvgIpc) is 2.95. The molecule has 0 atom stereocenters. The number of aromatic nitrogens is 3. The van der Waals surface area contributed by atoms with Crippen LogP contribution in [0.5, 0.6) is 0 Å². The van der Waals surface area contributed by atoms with Gasteiger partial charge in [0.15, 0.2) is 0 Å². The van der Waals surface area contributed by atoms with E-state index in [4.69, 9.17) is 17.2 Å². The molecule has 1 aromatic heterocycles. The number of benzene rings is 3. The van der Waals surface area contributed by atoms with E-state index < -0.39 is 0 Å². The van der Waals surface area contributed by atoms with Crippen molar-refractivity contribution >= 4 is 17.8 Å². The number of nitrogens with zero attached hydrogens (tertiary/aromatic N) is 3. The van der Waals surface area contributed by atoms with Crippen molar-refractivity contribution in [3.8, 4) is 0 Å². The Bertz CT molecular complexity index is 1150. The van der Waals surface area contributed by atoms with Crippen LogP contribution in [-0.4, -0.2) is 34.6 Å². The first-order valence-electron chi connectivity index (χ1n) is 13.5. The molecule has 9 N–H and O–H groups in total. The average molecular weight is 526 g/mol. The van der Waals surface area contributed by atoms with E-state index in [0.29, 0.717) is 57.1 Å². The molecular formula is C30H39N9. The van der Waals surface area contributed by atoms with E-state index in [9.17, 15) is 0 Å². The third-order valence-electron chi connectivity index (χ3n) is 6.26. The van der Waals surface area contributed by atoms with Crippen molar-refractivity contribution in [3.63, 3.8) is 0 Å². The Morgan fingerprint density at radius 2 is 0.718 bits per heavy atom. The van der Waals surface area contributed by atoms with Crippen LogP contribution < -0.4 is 33.2 Å². The molecular weight excluding hydrogens is 486 g/mol. The molecule has 0 bridgehead atoms. The van der Waals surface area contributed by atoms with Crippen LogP contribution in [0, 0.1) is 0 Å². The van der Waals surface area contributed by atoms with Gasteiger partial charge in [-0.3, -0.25) is 0 Å². The maximum atomic E-state index is 5.73. The molecule has 0 saturated carbocycles. The molecule has 39 heavy (non-hydrogen) atoms. The first-order valence-corrected chi connectivity index (χ1v) is 13.5. The van der Waals surface area contributed by atoms with Gasteiger partial charge in [0, 0.05) is 19.6 Å². The van der Waals surface area contributed by atoms with Crippen molar-refractivity contribution in [1.82, 2.24) is 15.0 Å². The van der Waals surface area contributed by atoms with E-state index in [2.05, 4.69) is 85.5 Å². The molecule has 0 aliphatic carbocycles. The lowest BCUT2D eigenvalue weighted by Crippen LogP contribution is -2.13. The smallest absolute Gasteiger partial charge is 0.229 e. The number of nitrogens with two attached hydrogens (primary N) is 3. The third-order valence-corrected chi connectivity index (χ3v) is 6.26. The van der Waals surface area contributed by atoms with Crippen molar-refractivity contribution in [3.05, 3.63) is 106 Å². The maximum absolute atomic E-state index is 5.73. The van der Waals surface area contributed by atoms with E-state index in [1.807, 2.05) is 18.2 Å². The normalized spacial score (nSPS) is 10.8. The molecule has 0 aliphatic heterocycles. The van der Waals surface area contributed by atoms with Gasteiger partial charge < -0.3 is 33.2 Å². The Hall–Kier alpha value is -4.05. The van der Waals surface area contributed by atoms with Gasteiger partial charge in [-0.25, -0.2) is 0 Å². The lowest BCUT2D eigenvalue weighted by atomic mass is 10.1. The summed E-state index contributed by atoms with van der Waals surface area (Å²) in [6, 6.07) is 25.1. The summed E-state index contributed by atoms with van der Waals surface area (Å²) >= 11 is 0. The number of hydrogen-bond donors (Lipinski definition) is 6. The minimum Gasteiger partial charge on any atom is -0.350 e. The van der Waals surface area contributed by atoms with Crippen molar-refractivity contribution in [1.29, 1.82) is 0 Å². The fourth-order valence-electron chi connectivity index (χ4n) is 4.34. The number of hydrogen-bond acceptors (Lipinski definition) is 9. The standard InChI is InChI=1S/C30H39N9/c31-13-10-22-4-1-7-25(16-22)19-34-28-37-29(35-20-26-8-2-5-23(17-26)11-14-32)39-30(38-28)36-21-27-9-3-6-24(18-27)12-15-33/h1-9,16-18H,10-15,19-21,31-33H2,(H3,34,35,36,37,38,39). The Balaban J connectivity index is 1.49. The van der Waals surface area contributed by atoms with Gasteiger partial charge in [-0.05, 0) is 72.3 Å². The molecule has 1 heterocycles. The van der Waals surface area contributed by atoms with Crippen LogP contribution in [0.1, 0.15) is 33.4 Å². The molecule has 0 unspecified atom stereocenters. The molecule has 0 amide bonds. The monoisotopic (exact) mass is 525 g/mol. The van der Waals surface area contributed by atoms with Crippen LogP contribution in [0.25, 0.3) is 0 Å². The molecule has 0 aliphatic rings. The minimum atomic E-state index is 0.494. The van der Waals surface area contributed by atoms with Crippen LogP contribution >= 0.6 is 0 Å². The number of anilines is 3. The SMILES string of the molecule is NCCc1cccc(CNc2nc(NCc3cccc(CCN)c3)nc(NCc3cccc(CCN)c3)n2)c1. The van der Waals surface area contributed by atoms with Crippen LogP contribution in [0.3, 0.4) is 0 Å². The van der Waals surface area contributed by atoms with E-state index in [0.717, 1.165) is 36.0 Å². The lowest BCUT2D eigenvalue weighted by molar-refractivity contribution is 0.942. The number of nitrogens with one attached hydrogen (secondary N) is 3. The van der Waals surface area contributed by atoms with Crippen LogP contribution in [-0.2, 0) is 38.9 Å². The van der Waals surface area contributed by atoms with Crippen LogP contribution in [0.4, 0.5) is 17.8 Å². The molecule has 0 saturated heterocycles. The Morgan fingerprint density at radius 3 is 1.00 bits per heavy atom. The number of rotatable bonds is 15. The fourth-order valence-corrected chi connectivity index (χ4v) is 4.34. The zero-order chi connectivity index (χ0) is 27.3. The summed E-state index contributed by atoms with van der Waals surface area (Å²) in [6.07, 6.45) is 2.54. The highest BCUT2D eigenvalue weighted by molar-refractivity contribution is 5.44. The Labute approximate surface area is 230 Å². The van der Waals surface area contributed by atoms with Crippen LogP contribution in [0.15, 0.2) is 72.8 Å². The van der Waals surface area contributed by atoms with E-state index >= 15 is 0 Å². The second-order valence-corrected chi connectivity index (χ2v) is 9.44. The van der Waals surface area contributed by atoms with Crippen molar-refractivity contribution in [2.24, 2.45) is 17.2 Å². The first-order chi connectivity index (χ1) is 19.1. The van der Waals surface area contributed by atoms with Gasteiger partial charge >= 0.3 is 0 Å².